The average molecular weight is 810 g/mol. The number of carbonyl (C=O) groups is 3. The summed E-state index contributed by atoms with van der Waals surface area (Å²) in [6, 6.07) is 0. The number of esters is 2. The standard InChI is InChI=1S/C42H80O5.C8H19NO/c1-34(2)27-29-39(36(5)6)32-46-41(44)25-21-17-13-9-11-15-19-23-38(31-43)24-20-16-12-10-14-18-22-26-42(45)47-33-40(37(7)8)30-28-35(3)4;1-4-9(5-2)7-6-8-10-3/h31,34-40H,9-30,32-33H2,1-8H3;4-8H2,1-3H3. The van der Waals surface area contributed by atoms with E-state index in [4.69, 9.17) is 14.2 Å². The Morgan fingerprint density at radius 3 is 1.19 bits per heavy atom. The number of unbranched alkanes of at least 4 members (excludes halogenated alkanes) is 12. The molecule has 0 saturated heterocycles. The molecule has 0 aliphatic heterocycles. The summed E-state index contributed by atoms with van der Waals surface area (Å²) >= 11 is 0. The molecule has 0 radical (unpaired) electrons. The van der Waals surface area contributed by atoms with Gasteiger partial charge in [0, 0.05) is 39.0 Å². The van der Waals surface area contributed by atoms with Gasteiger partial charge in [-0.05, 0) is 93.5 Å². The molecule has 0 spiro atoms. The maximum Gasteiger partial charge on any atom is 0.305 e. The van der Waals surface area contributed by atoms with Crippen LogP contribution in [0.4, 0.5) is 0 Å². The van der Waals surface area contributed by atoms with Gasteiger partial charge in [0.25, 0.3) is 0 Å². The highest BCUT2D eigenvalue weighted by molar-refractivity contribution is 5.69. The van der Waals surface area contributed by atoms with E-state index in [9.17, 15) is 14.4 Å². The summed E-state index contributed by atoms with van der Waals surface area (Å²) in [5.74, 6) is 3.58. The molecule has 0 N–H and O–H groups in total. The number of aldehydes is 1. The van der Waals surface area contributed by atoms with Crippen LogP contribution in [0.15, 0.2) is 0 Å². The van der Waals surface area contributed by atoms with Gasteiger partial charge in [-0.15, -0.1) is 0 Å². The zero-order chi connectivity index (χ0) is 43.1. The molecule has 340 valence electrons. The van der Waals surface area contributed by atoms with Crippen LogP contribution in [-0.2, 0) is 28.6 Å². The molecule has 7 heteroatoms. The smallest absolute Gasteiger partial charge is 0.305 e. The second-order valence-corrected chi connectivity index (χ2v) is 18.6. The fourth-order valence-electron chi connectivity index (χ4n) is 7.23. The molecule has 0 bridgehead atoms. The van der Waals surface area contributed by atoms with Crippen molar-refractivity contribution in [2.45, 2.75) is 217 Å². The highest BCUT2D eigenvalue weighted by Crippen LogP contribution is 2.23. The normalized spacial score (nSPS) is 13.3. The van der Waals surface area contributed by atoms with Gasteiger partial charge in [0.15, 0.2) is 0 Å². The summed E-state index contributed by atoms with van der Waals surface area (Å²) in [5, 5.41) is 0. The highest BCUT2D eigenvalue weighted by atomic mass is 16.5. The maximum absolute atomic E-state index is 12.2. The number of ether oxygens (including phenoxy) is 3. The monoisotopic (exact) mass is 810 g/mol. The topological polar surface area (TPSA) is 82.1 Å². The second-order valence-electron chi connectivity index (χ2n) is 18.6. The van der Waals surface area contributed by atoms with Gasteiger partial charge in [-0.2, -0.15) is 0 Å². The summed E-state index contributed by atoms with van der Waals surface area (Å²) in [6.45, 7) is 27.8. The van der Waals surface area contributed by atoms with Crippen molar-refractivity contribution in [1.29, 1.82) is 0 Å². The first-order valence-electron chi connectivity index (χ1n) is 24.3. The number of carbonyl (C=O) groups excluding carboxylic acids is 3. The third-order valence-electron chi connectivity index (χ3n) is 11.9. The number of hydrogen-bond donors (Lipinski definition) is 0. The van der Waals surface area contributed by atoms with E-state index in [1.165, 1.54) is 77.0 Å². The molecule has 0 aromatic rings. The lowest BCUT2D eigenvalue weighted by atomic mass is 9.89. The molecule has 0 aromatic heterocycles. The number of methoxy groups -OCH3 is 1. The third-order valence-corrected chi connectivity index (χ3v) is 11.9. The fraction of sp³-hybridized carbons (Fsp3) is 0.940. The van der Waals surface area contributed by atoms with Crippen LogP contribution in [0.25, 0.3) is 0 Å². The van der Waals surface area contributed by atoms with E-state index >= 15 is 0 Å². The predicted molar refractivity (Wildman–Crippen MR) is 244 cm³/mol. The zero-order valence-electron chi connectivity index (χ0n) is 40.0. The van der Waals surface area contributed by atoms with E-state index in [-0.39, 0.29) is 17.9 Å². The SMILES string of the molecule is CC(C)CCC(COC(=O)CCCCCCCCCC(C=O)CCCCCCCCCC(=O)OCC(CCC(C)C)C(C)C)C(C)C.CCN(CC)CCCOC. The zero-order valence-corrected chi connectivity index (χ0v) is 40.0. The third kappa shape index (κ3) is 39.7. The molecule has 0 aliphatic rings. The van der Waals surface area contributed by atoms with Gasteiger partial charge in [0.2, 0.25) is 0 Å². The van der Waals surface area contributed by atoms with Gasteiger partial charge in [-0.1, -0.05) is 159 Å². The molecular formula is C50H99NO6. The first-order valence-corrected chi connectivity index (χ1v) is 24.3. The molecule has 2 atom stereocenters. The molecule has 0 fully saturated rings. The Morgan fingerprint density at radius 1 is 0.509 bits per heavy atom. The first-order chi connectivity index (χ1) is 27.3. The minimum Gasteiger partial charge on any atom is -0.465 e. The van der Waals surface area contributed by atoms with Crippen molar-refractivity contribution in [3.8, 4) is 0 Å². The lowest BCUT2D eigenvalue weighted by molar-refractivity contribution is -0.146. The summed E-state index contributed by atoms with van der Waals surface area (Å²) in [6.07, 6.45) is 26.1. The number of nitrogens with zero attached hydrogens (tertiary/aromatic N) is 1. The van der Waals surface area contributed by atoms with Gasteiger partial charge in [0.05, 0.1) is 13.2 Å². The maximum atomic E-state index is 12.2. The van der Waals surface area contributed by atoms with Crippen LogP contribution < -0.4 is 0 Å². The van der Waals surface area contributed by atoms with Crippen molar-refractivity contribution < 1.29 is 28.6 Å². The molecular weight excluding hydrogens is 711 g/mol. The summed E-state index contributed by atoms with van der Waals surface area (Å²) in [5.41, 5.74) is 0. The van der Waals surface area contributed by atoms with E-state index in [1.54, 1.807) is 7.11 Å². The van der Waals surface area contributed by atoms with Crippen molar-refractivity contribution in [3.05, 3.63) is 0 Å². The lowest BCUT2D eigenvalue weighted by Gasteiger charge is -2.21. The van der Waals surface area contributed by atoms with Crippen LogP contribution in [0, 0.1) is 41.4 Å². The number of rotatable bonds is 39. The summed E-state index contributed by atoms with van der Waals surface area (Å²) in [4.78, 5) is 38.3. The van der Waals surface area contributed by atoms with Crippen LogP contribution in [-0.4, -0.2) is 69.7 Å². The molecule has 2 unspecified atom stereocenters. The Labute approximate surface area is 355 Å². The van der Waals surface area contributed by atoms with E-state index < -0.39 is 0 Å². The molecule has 0 saturated carbocycles. The molecule has 0 rings (SSSR count). The van der Waals surface area contributed by atoms with E-state index in [2.05, 4.69) is 74.1 Å². The second kappa shape index (κ2) is 41.3. The van der Waals surface area contributed by atoms with Gasteiger partial charge >= 0.3 is 11.9 Å². The van der Waals surface area contributed by atoms with Crippen LogP contribution >= 0.6 is 0 Å². The summed E-state index contributed by atoms with van der Waals surface area (Å²) in [7, 11) is 1.75. The van der Waals surface area contributed by atoms with Gasteiger partial charge < -0.3 is 23.9 Å². The molecule has 57 heavy (non-hydrogen) atoms. The van der Waals surface area contributed by atoms with Gasteiger partial charge in [0.1, 0.15) is 6.29 Å². The Morgan fingerprint density at radius 2 is 0.877 bits per heavy atom. The van der Waals surface area contributed by atoms with Gasteiger partial charge in [-0.3, -0.25) is 9.59 Å². The minimum absolute atomic E-state index is 0.0305. The average Bonchev–Trinajstić information content (AvgIpc) is 3.17. The lowest BCUT2D eigenvalue weighted by Crippen LogP contribution is -2.24. The molecule has 0 aliphatic carbocycles. The summed E-state index contributed by atoms with van der Waals surface area (Å²) < 4.78 is 16.2. The largest absolute Gasteiger partial charge is 0.465 e. The highest BCUT2D eigenvalue weighted by Gasteiger charge is 2.18. The molecule has 0 heterocycles. The van der Waals surface area contributed by atoms with Crippen molar-refractivity contribution in [1.82, 2.24) is 4.90 Å². The Bertz CT molecular complexity index is 828. The molecule has 0 aromatic carbocycles. The Hall–Kier alpha value is -1.47. The van der Waals surface area contributed by atoms with Crippen molar-refractivity contribution in [2.75, 3.05) is 46.6 Å². The fourth-order valence-corrected chi connectivity index (χ4v) is 7.23. The quantitative estimate of drug-likeness (QED) is 0.0347. The van der Waals surface area contributed by atoms with E-state index in [0.717, 1.165) is 90.3 Å². The van der Waals surface area contributed by atoms with Crippen LogP contribution in [0.3, 0.4) is 0 Å². The van der Waals surface area contributed by atoms with Crippen molar-refractivity contribution >= 4 is 18.2 Å². The molecule has 7 nitrogen and oxygen atoms in total. The van der Waals surface area contributed by atoms with Crippen LogP contribution in [0.2, 0.25) is 0 Å². The Kier molecular flexibility index (Phi) is 41.7. The van der Waals surface area contributed by atoms with Gasteiger partial charge in [-0.25, -0.2) is 0 Å². The minimum atomic E-state index is -0.0305. The first kappa shape index (κ1) is 57.6. The number of hydrogen-bond acceptors (Lipinski definition) is 7. The van der Waals surface area contributed by atoms with Crippen molar-refractivity contribution in [2.24, 2.45) is 41.4 Å². The van der Waals surface area contributed by atoms with Crippen LogP contribution in [0.5, 0.6) is 0 Å². The predicted octanol–water partition coefficient (Wildman–Crippen LogP) is 13.7. The van der Waals surface area contributed by atoms with E-state index in [0.29, 0.717) is 61.6 Å². The van der Waals surface area contributed by atoms with Crippen LogP contribution in [0.1, 0.15) is 217 Å². The molecule has 0 amide bonds. The Balaban J connectivity index is 0. The van der Waals surface area contributed by atoms with Crippen molar-refractivity contribution in [3.63, 3.8) is 0 Å². The van der Waals surface area contributed by atoms with E-state index in [1.807, 2.05) is 0 Å².